The summed E-state index contributed by atoms with van der Waals surface area (Å²) in [4.78, 5) is 19.1. The largest absolute Gasteiger partial charge is 0.444 e. The molecule has 2 fully saturated rings. The lowest BCUT2D eigenvalue weighted by atomic mass is 9.98. The van der Waals surface area contributed by atoms with Crippen molar-refractivity contribution in [2.24, 2.45) is 4.99 Å². The first-order valence-corrected chi connectivity index (χ1v) is 12.9. The van der Waals surface area contributed by atoms with Crippen molar-refractivity contribution in [3.05, 3.63) is 0 Å². The van der Waals surface area contributed by atoms with Gasteiger partial charge in [0.1, 0.15) is 15.4 Å². The van der Waals surface area contributed by atoms with Crippen molar-refractivity contribution in [2.75, 3.05) is 38.3 Å². The highest BCUT2D eigenvalue weighted by molar-refractivity contribution is 7.90. The van der Waals surface area contributed by atoms with Crippen LogP contribution < -0.4 is 10.6 Å². The summed E-state index contributed by atoms with van der Waals surface area (Å²) in [6.07, 6.45) is 4.73. The molecular weight excluding hydrogens is 408 g/mol. The fourth-order valence-corrected chi connectivity index (χ4v) is 4.38. The van der Waals surface area contributed by atoms with E-state index < -0.39 is 15.4 Å². The minimum Gasteiger partial charge on any atom is -0.444 e. The number of hydrogen-bond acceptors (Lipinski definition) is 6. The third-order valence-electron chi connectivity index (χ3n) is 5.13. The Morgan fingerprint density at radius 1 is 1.17 bits per heavy atom. The van der Waals surface area contributed by atoms with E-state index in [0.717, 1.165) is 38.2 Å². The zero-order valence-electron chi connectivity index (χ0n) is 18.9. The lowest BCUT2D eigenvalue weighted by Gasteiger charge is -2.40. The van der Waals surface area contributed by atoms with Crippen LogP contribution >= 0.6 is 0 Å². The SMILES string of the molecule is CCNC(=NCCOCCS(C)(=O)=O)NC1CC2CCC(C1)N2C(=O)OC(C)(C)C. The Morgan fingerprint density at radius 3 is 2.33 bits per heavy atom. The third kappa shape index (κ3) is 8.29. The van der Waals surface area contributed by atoms with Gasteiger partial charge in [-0.2, -0.15) is 0 Å². The summed E-state index contributed by atoms with van der Waals surface area (Å²) < 4.78 is 33.2. The van der Waals surface area contributed by atoms with Gasteiger partial charge in [0.2, 0.25) is 0 Å². The van der Waals surface area contributed by atoms with Crippen LogP contribution in [-0.2, 0) is 19.3 Å². The van der Waals surface area contributed by atoms with Crippen molar-refractivity contribution in [2.45, 2.75) is 77.1 Å². The number of amides is 1. The molecule has 2 N–H and O–H groups in total. The molecule has 1 amide bonds. The molecule has 2 rings (SSSR count). The lowest BCUT2D eigenvalue weighted by Crippen LogP contribution is -2.55. The smallest absolute Gasteiger partial charge is 0.410 e. The van der Waals surface area contributed by atoms with E-state index in [9.17, 15) is 13.2 Å². The van der Waals surface area contributed by atoms with Gasteiger partial charge in [-0.1, -0.05) is 0 Å². The summed E-state index contributed by atoms with van der Waals surface area (Å²) in [6.45, 7) is 9.43. The number of aliphatic imine (C=N–C) groups is 1. The van der Waals surface area contributed by atoms with E-state index in [1.807, 2.05) is 32.6 Å². The minimum absolute atomic E-state index is 0.0219. The van der Waals surface area contributed by atoms with Gasteiger partial charge < -0.3 is 25.0 Å². The Hall–Kier alpha value is -1.55. The molecule has 0 radical (unpaired) electrons. The minimum atomic E-state index is -3.00. The van der Waals surface area contributed by atoms with Crippen molar-refractivity contribution < 1.29 is 22.7 Å². The summed E-state index contributed by atoms with van der Waals surface area (Å²) in [5.74, 6) is 0.743. The molecule has 0 aromatic rings. The van der Waals surface area contributed by atoms with Gasteiger partial charge in [0, 0.05) is 30.9 Å². The maximum atomic E-state index is 12.6. The van der Waals surface area contributed by atoms with E-state index in [1.165, 1.54) is 6.26 Å². The third-order valence-corrected chi connectivity index (χ3v) is 6.03. The highest BCUT2D eigenvalue weighted by Gasteiger charge is 2.45. The molecule has 0 saturated carbocycles. The van der Waals surface area contributed by atoms with E-state index in [0.29, 0.717) is 13.2 Å². The molecule has 2 unspecified atom stereocenters. The summed E-state index contributed by atoms with van der Waals surface area (Å²) in [5.41, 5.74) is -0.486. The number of nitrogens with zero attached hydrogens (tertiary/aromatic N) is 2. The summed E-state index contributed by atoms with van der Waals surface area (Å²) in [5, 5.41) is 6.73. The second-order valence-electron chi connectivity index (χ2n) is 9.09. The number of ether oxygens (including phenoxy) is 2. The fourth-order valence-electron chi connectivity index (χ4n) is 3.96. The fraction of sp³-hybridized carbons (Fsp3) is 0.900. The van der Waals surface area contributed by atoms with E-state index >= 15 is 0 Å². The van der Waals surface area contributed by atoms with Crippen molar-refractivity contribution >= 4 is 21.9 Å². The molecule has 0 aromatic heterocycles. The van der Waals surface area contributed by atoms with Crippen LogP contribution in [0.2, 0.25) is 0 Å². The predicted octanol–water partition coefficient (Wildman–Crippen LogP) is 1.53. The molecule has 2 atom stereocenters. The van der Waals surface area contributed by atoms with Crippen molar-refractivity contribution in [1.82, 2.24) is 15.5 Å². The Balaban J connectivity index is 1.83. The predicted molar refractivity (Wildman–Crippen MR) is 118 cm³/mol. The van der Waals surface area contributed by atoms with Gasteiger partial charge in [0.15, 0.2) is 5.96 Å². The Kier molecular flexibility index (Phi) is 8.78. The molecule has 0 aliphatic carbocycles. The van der Waals surface area contributed by atoms with Crippen LogP contribution in [0.5, 0.6) is 0 Å². The zero-order chi connectivity index (χ0) is 22.4. The first-order chi connectivity index (χ1) is 14.0. The van der Waals surface area contributed by atoms with Gasteiger partial charge in [-0.15, -0.1) is 0 Å². The molecule has 2 aliphatic rings. The molecule has 2 heterocycles. The van der Waals surface area contributed by atoms with Crippen LogP contribution in [0.3, 0.4) is 0 Å². The Bertz CT molecular complexity index is 690. The van der Waals surface area contributed by atoms with Gasteiger partial charge >= 0.3 is 6.09 Å². The van der Waals surface area contributed by atoms with Gasteiger partial charge in [-0.3, -0.25) is 4.99 Å². The van der Waals surface area contributed by atoms with E-state index in [1.54, 1.807) is 0 Å². The van der Waals surface area contributed by atoms with Crippen molar-refractivity contribution in [3.8, 4) is 0 Å². The standard InChI is InChI=1S/C20H38N4O5S/c1-6-21-18(22-9-10-28-11-12-30(5,26)27)23-15-13-16-7-8-17(14-15)24(16)19(25)29-20(2,3)4/h15-17H,6-14H2,1-5H3,(H2,21,22,23). The average molecular weight is 447 g/mol. The van der Waals surface area contributed by atoms with Crippen LogP contribution in [0.15, 0.2) is 4.99 Å². The second-order valence-corrected chi connectivity index (χ2v) is 11.3. The topological polar surface area (TPSA) is 109 Å². The molecule has 0 aromatic carbocycles. The Labute approximate surface area is 180 Å². The number of piperidine rings is 1. The van der Waals surface area contributed by atoms with Gasteiger partial charge in [0.25, 0.3) is 0 Å². The molecule has 30 heavy (non-hydrogen) atoms. The monoisotopic (exact) mass is 446 g/mol. The molecule has 9 nitrogen and oxygen atoms in total. The van der Waals surface area contributed by atoms with Crippen LogP contribution in [0, 0.1) is 0 Å². The summed E-state index contributed by atoms with van der Waals surface area (Å²) in [6, 6.07) is 0.627. The Morgan fingerprint density at radius 2 is 1.80 bits per heavy atom. The summed E-state index contributed by atoms with van der Waals surface area (Å²) >= 11 is 0. The maximum Gasteiger partial charge on any atom is 0.410 e. The number of nitrogens with one attached hydrogen (secondary N) is 2. The number of hydrogen-bond donors (Lipinski definition) is 2. The number of fused-ring (bicyclic) bond motifs is 2. The van der Waals surface area contributed by atoms with Crippen LogP contribution in [0.1, 0.15) is 53.4 Å². The maximum absolute atomic E-state index is 12.6. The van der Waals surface area contributed by atoms with Crippen LogP contribution in [0.25, 0.3) is 0 Å². The summed E-state index contributed by atoms with van der Waals surface area (Å²) in [7, 11) is -3.00. The zero-order valence-corrected chi connectivity index (χ0v) is 19.8. The molecule has 2 aliphatic heterocycles. The first kappa shape index (κ1) is 24.7. The molecule has 174 valence electrons. The van der Waals surface area contributed by atoms with E-state index in [4.69, 9.17) is 9.47 Å². The second kappa shape index (κ2) is 10.7. The van der Waals surface area contributed by atoms with Crippen LogP contribution in [0.4, 0.5) is 4.79 Å². The normalized spacial score (nSPS) is 24.6. The number of carbonyl (C=O) groups excluding carboxylic acids is 1. The molecule has 10 heteroatoms. The molecule has 0 spiro atoms. The first-order valence-electron chi connectivity index (χ1n) is 10.8. The highest BCUT2D eigenvalue weighted by atomic mass is 32.2. The van der Waals surface area contributed by atoms with Crippen LogP contribution in [-0.4, -0.2) is 87.4 Å². The van der Waals surface area contributed by atoms with Gasteiger partial charge in [0.05, 0.1) is 25.5 Å². The number of carbonyl (C=O) groups is 1. The highest BCUT2D eigenvalue weighted by Crippen LogP contribution is 2.36. The number of rotatable bonds is 8. The van der Waals surface area contributed by atoms with Gasteiger partial charge in [-0.25, -0.2) is 13.2 Å². The quantitative estimate of drug-likeness (QED) is 0.331. The van der Waals surface area contributed by atoms with Crippen molar-refractivity contribution in [1.29, 1.82) is 0 Å². The molecular formula is C20H38N4O5S. The van der Waals surface area contributed by atoms with Crippen molar-refractivity contribution in [3.63, 3.8) is 0 Å². The lowest BCUT2D eigenvalue weighted by molar-refractivity contribution is 0.00544. The van der Waals surface area contributed by atoms with E-state index in [2.05, 4.69) is 15.6 Å². The van der Waals surface area contributed by atoms with Gasteiger partial charge in [-0.05, 0) is 53.4 Å². The van der Waals surface area contributed by atoms with E-state index in [-0.39, 0.29) is 36.6 Å². The molecule has 2 saturated heterocycles. The average Bonchev–Trinajstić information content (AvgIpc) is 2.87. The number of guanidine groups is 1. The molecule has 2 bridgehead atoms. The number of sulfone groups is 1.